The molecule has 1 amide bonds. The molecule has 2 aromatic carbocycles. The van der Waals surface area contributed by atoms with Crippen LogP contribution in [0.5, 0.6) is 0 Å². The lowest BCUT2D eigenvalue weighted by Crippen LogP contribution is -2.27. The molecule has 28 heavy (non-hydrogen) atoms. The quantitative estimate of drug-likeness (QED) is 0.482. The summed E-state index contributed by atoms with van der Waals surface area (Å²) in [5, 5.41) is 14.0. The number of hydrogen-bond acceptors (Lipinski definition) is 5. The molecule has 0 spiro atoms. The Morgan fingerprint density at radius 3 is 2.43 bits per heavy atom. The van der Waals surface area contributed by atoms with Crippen LogP contribution < -0.4 is 5.32 Å². The maximum Gasteiger partial charge on any atom is 0.338 e. The van der Waals surface area contributed by atoms with Gasteiger partial charge in [0.2, 0.25) is 0 Å². The Morgan fingerprint density at radius 2 is 1.75 bits per heavy atom. The summed E-state index contributed by atoms with van der Waals surface area (Å²) in [5.41, 5.74) is 3.31. The monoisotopic (exact) mass is 382 g/mol. The number of nitro benzene ring substituents is 1. The standard InChI is InChI=1S/C21H22N2O5/c1-13(15-8-7-14-5-3-4-6-16(14)9-15)22-20(24)17-10-18(21(25)28-2)12-19(11-17)23(26)27/h7-13H,3-6H2,1-2H3,(H,22,24)/t13-/m1/s1. The van der Waals surface area contributed by atoms with Crippen molar-refractivity contribution in [3.05, 3.63) is 74.3 Å². The fraction of sp³-hybridized carbons (Fsp3) is 0.333. The number of amides is 1. The highest BCUT2D eigenvalue weighted by Gasteiger charge is 2.20. The average molecular weight is 382 g/mol. The number of fused-ring (bicyclic) bond motifs is 1. The summed E-state index contributed by atoms with van der Waals surface area (Å²) in [6, 6.07) is 9.50. The number of rotatable bonds is 5. The first-order chi connectivity index (χ1) is 13.4. The highest BCUT2D eigenvalue weighted by Crippen LogP contribution is 2.25. The van der Waals surface area contributed by atoms with Crippen molar-refractivity contribution in [1.82, 2.24) is 5.32 Å². The normalized spacial score (nSPS) is 13.9. The maximum absolute atomic E-state index is 12.7. The molecule has 0 bridgehead atoms. The van der Waals surface area contributed by atoms with Crippen molar-refractivity contribution in [2.24, 2.45) is 0 Å². The Kier molecular flexibility index (Phi) is 5.73. The highest BCUT2D eigenvalue weighted by molar-refractivity contribution is 5.99. The maximum atomic E-state index is 12.7. The Morgan fingerprint density at radius 1 is 1.07 bits per heavy atom. The molecule has 146 valence electrons. The van der Waals surface area contributed by atoms with Crippen LogP contribution in [0.2, 0.25) is 0 Å². The van der Waals surface area contributed by atoms with Gasteiger partial charge in [0.1, 0.15) is 0 Å². The van der Waals surface area contributed by atoms with E-state index >= 15 is 0 Å². The smallest absolute Gasteiger partial charge is 0.338 e. The molecule has 0 fully saturated rings. The predicted molar refractivity (Wildman–Crippen MR) is 103 cm³/mol. The van der Waals surface area contributed by atoms with E-state index in [0.717, 1.165) is 30.5 Å². The minimum Gasteiger partial charge on any atom is -0.465 e. The summed E-state index contributed by atoms with van der Waals surface area (Å²) in [5.74, 6) is -1.22. The van der Waals surface area contributed by atoms with Crippen molar-refractivity contribution in [2.45, 2.75) is 38.6 Å². The fourth-order valence-corrected chi connectivity index (χ4v) is 3.47. The SMILES string of the molecule is COC(=O)c1cc(C(=O)N[C@H](C)c2ccc3c(c2)CCCC3)cc([N+](=O)[O-])c1. The first-order valence-electron chi connectivity index (χ1n) is 9.19. The van der Waals surface area contributed by atoms with E-state index in [4.69, 9.17) is 0 Å². The summed E-state index contributed by atoms with van der Waals surface area (Å²) in [6.45, 7) is 1.86. The molecule has 0 aliphatic heterocycles. The molecule has 2 aromatic rings. The van der Waals surface area contributed by atoms with Crippen molar-refractivity contribution in [2.75, 3.05) is 7.11 Å². The van der Waals surface area contributed by atoms with Crippen LogP contribution in [0.15, 0.2) is 36.4 Å². The number of nitrogens with zero attached hydrogens (tertiary/aromatic N) is 1. The van der Waals surface area contributed by atoms with Crippen molar-refractivity contribution in [3.8, 4) is 0 Å². The van der Waals surface area contributed by atoms with Gasteiger partial charge in [-0.2, -0.15) is 0 Å². The second-order valence-corrected chi connectivity index (χ2v) is 6.95. The summed E-state index contributed by atoms with van der Waals surface area (Å²) in [7, 11) is 1.18. The van der Waals surface area contributed by atoms with Gasteiger partial charge in [0.25, 0.3) is 11.6 Å². The third-order valence-corrected chi connectivity index (χ3v) is 5.03. The minimum atomic E-state index is -0.736. The molecule has 1 N–H and O–H groups in total. The first kappa shape index (κ1) is 19.5. The van der Waals surface area contributed by atoms with Crippen LogP contribution in [0.25, 0.3) is 0 Å². The Hall–Kier alpha value is -3.22. The summed E-state index contributed by atoms with van der Waals surface area (Å²) in [4.78, 5) is 34.9. The van der Waals surface area contributed by atoms with Crippen molar-refractivity contribution < 1.29 is 19.2 Å². The van der Waals surface area contributed by atoms with Gasteiger partial charge in [-0.3, -0.25) is 14.9 Å². The van der Waals surface area contributed by atoms with Crippen LogP contribution in [0, 0.1) is 10.1 Å². The molecular formula is C21H22N2O5. The molecule has 0 unspecified atom stereocenters. The number of ether oxygens (including phenoxy) is 1. The summed E-state index contributed by atoms with van der Waals surface area (Å²) in [6.07, 6.45) is 4.49. The van der Waals surface area contributed by atoms with Crippen LogP contribution in [-0.2, 0) is 17.6 Å². The van der Waals surface area contributed by atoms with Gasteiger partial charge < -0.3 is 10.1 Å². The number of nitro groups is 1. The number of hydrogen-bond donors (Lipinski definition) is 1. The van der Waals surface area contributed by atoms with Crippen LogP contribution in [0.4, 0.5) is 5.69 Å². The van der Waals surface area contributed by atoms with Gasteiger partial charge >= 0.3 is 5.97 Å². The number of nitrogens with one attached hydrogen (secondary N) is 1. The van der Waals surface area contributed by atoms with Crippen molar-refractivity contribution in [3.63, 3.8) is 0 Å². The van der Waals surface area contributed by atoms with Gasteiger partial charge in [0.15, 0.2) is 0 Å². The van der Waals surface area contributed by atoms with Gasteiger partial charge in [0, 0.05) is 17.7 Å². The van der Waals surface area contributed by atoms with Gasteiger partial charge in [-0.05, 0) is 55.4 Å². The predicted octanol–water partition coefficient (Wildman–Crippen LogP) is 3.75. The van der Waals surface area contributed by atoms with Gasteiger partial charge in [-0.1, -0.05) is 18.2 Å². The number of non-ortho nitro benzene ring substituents is 1. The lowest BCUT2D eigenvalue weighted by molar-refractivity contribution is -0.384. The zero-order valence-electron chi connectivity index (χ0n) is 15.9. The number of aryl methyl sites for hydroxylation is 2. The van der Waals surface area contributed by atoms with Crippen LogP contribution >= 0.6 is 0 Å². The lowest BCUT2D eigenvalue weighted by Gasteiger charge is -2.20. The first-order valence-corrected chi connectivity index (χ1v) is 9.19. The molecule has 1 atom stereocenters. The van der Waals surface area contributed by atoms with E-state index in [2.05, 4.69) is 22.2 Å². The minimum absolute atomic E-state index is 0.0386. The summed E-state index contributed by atoms with van der Waals surface area (Å²) < 4.78 is 4.62. The molecule has 0 aromatic heterocycles. The number of esters is 1. The van der Waals surface area contributed by atoms with Crippen molar-refractivity contribution >= 4 is 17.6 Å². The second kappa shape index (κ2) is 8.21. The molecule has 0 radical (unpaired) electrons. The molecular weight excluding hydrogens is 360 g/mol. The van der Waals surface area contributed by atoms with E-state index in [1.54, 1.807) is 0 Å². The Bertz CT molecular complexity index is 938. The average Bonchev–Trinajstić information content (AvgIpc) is 2.72. The lowest BCUT2D eigenvalue weighted by atomic mass is 9.89. The third-order valence-electron chi connectivity index (χ3n) is 5.03. The van der Waals surface area contributed by atoms with E-state index in [1.165, 1.54) is 37.1 Å². The molecule has 1 aliphatic rings. The van der Waals surface area contributed by atoms with Gasteiger partial charge in [-0.25, -0.2) is 4.79 Å². The number of carbonyl (C=O) groups is 2. The molecule has 7 heteroatoms. The molecule has 1 aliphatic carbocycles. The van der Waals surface area contributed by atoms with Gasteiger partial charge in [0.05, 0.1) is 23.6 Å². The topological polar surface area (TPSA) is 98.5 Å². The molecule has 0 saturated carbocycles. The fourth-order valence-electron chi connectivity index (χ4n) is 3.47. The zero-order valence-corrected chi connectivity index (χ0v) is 15.9. The Labute approximate surface area is 162 Å². The zero-order chi connectivity index (χ0) is 20.3. The largest absolute Gasteiger partial charge is 0.465 e. The molecule has 3 rings (SSSR count). The van der Waals surface area contributed by atoms with E-state index in [-0.39, 0.29) is 22.9 Å². The number of carbonyl (C=O) groups excluding carboxylic acids is 2. The third kappa shape index (κ3) is 4.19. The second-order valence-electron chi connectivity index (χ2n) is 6.95. The van der Waals surface area contributed by atoms with Gasteiger partial charge in [-0.15, -0.1) is 0 Å². The van der Waals surface area contributed by atoms with Crippen LogP contribution in [-0.4, -0.2) is 23.9 Å². The molecule has 0 heterocycles. The highest BCUT2D eigenvalue weighted by atomic mass is 16.6. The van der Waals surface area contributed by atoms with E-state index < -0.39 is 16.8 Å². The van der Waals surface area contributed by atoms with Crippen molar-refractivity contribution in [1.29, 1.82) is 0 Å². The van der Waals surface area contributed by atoms with E-state index in [9.17, 15) is 19.7 Å². The Balaban J connectivity index is 1.83. The number of methoxy groups -OCH3 is 1. The summed E-state index contributed by atoms with van der Waals surface area (Å²) >= 11 is 0. The van der Waals surface area contributed by atoms with Crippen LogP contribution in [0.1, 0.15) is 63.2 Å². The van der Waals surface area contributed by atoms with E-state index in [0.29, 0.717) is 0 Å². The molecule has 0 saturated heterocycles. The number of benzene rings is 2. The van der Waals surface area contributed by atoms with E-state index in [1.807, 2.05) is 13.0 Å². The van der Waals surface area contributed by atoms with Crippen LogP contribution in [0.3, 0.4) is 0 Å². The molecule has 7 nitrogen and oxygen atoms in total.